The van der Waals surface area contributed by atoms with E-state index in [4.69, 9.17) is 0 Å². The molecule has 1 N–H and O–H groups in total. The van der Waals surface area contributed by atoms with E-state index < -0.39 is 12.7 Å². The van der Waals surface area contributed by atoms with E-state index in [1.165, 1.54) is 11.0 Å². The van der Waals surface area contributed by atoms with Gasteiger partial charge in [-0.2, -0.15) is 13.2 Å². The van der Waals surface area contributed by atoms with E-state index in [-0.39, 0.29) is 0 Å². The molecule has 1 rings (SSSR count). The molecule has 0 amide bonds. The maximum absolute atomic E-state index is 12.5. The fourth-order valence-corrected chi connectivity index (χ4v) is 1.60. The van der Waals surface area contributed by atoms with Gasteiger partial charge in [0.15, 0.2) is 0 Å². The number of rotatable bonds is 5. The molecule has 0 aromatic carbocycles. The van der Waals surface area contributed by atoms with E-state index in [1.807, 2.05) is 6.92 Å². The number of nitrogens with one attached hydrogen (secondary N) is 1. The van der Waals surface area contributed by atoms with Crippen molar-refractivity contribution in [1.29, 1.82) is 0 Å². The van der Waals surface area contributed by atoms with Crippen molar-refractivity contribution in [1.82, 2.24) is 9.97 Å². The minimum atomic E-state index is -4.24. The quantitative estimate of drug-likeness (QED) is 0.885. The molecule has 0 aliphatic carbocycles. The van der Waals surface area contributed by atoms with E-state index in [9.17, 15) is 13.2 Å². The van der Waals surface area contributed by atoms with Gasteiger partial charge in [0.2, 0.25) is 0 Å². The third-order valence-corrected chi connectivity index (χ3v) is 2.27. The summed E-state index contributed by atoms with van der Waals surface area (Å²) in [5.41, 5.74) is 0. The second-order valence-electron chi connectivity index (χ2n) is 3.95. The van der Waals surface area contributed by atoms with Gasteiger partial charge in [0.25, 0.3) is 0 Å². The largest absolute Gasteiger partial charge is 0.405 e. The van der Waals surface area contributed by atoms with E-state index in [1.54, 1.807) is 14.0 Å². The van der Waals surface area contributed by atoms with Crippen molar-refractivity contribution in [3.05, 3.63) is 11.9 Å². The Morgan fingerprint density at radius 1 is 1.33 bits per heavy atom. The Kier molecular flexibility index (Phi) is 4.75. The van der Waals surface area contributed by atoms with Crippen LogP contribution in [0.4, 0.5) is 24.8 Å². The Morgan fingerprint density at radius 2 is 2.00 bits per heavy atom. The normalized spacial score (nSPS) is 11.4. The van der Waals surface area contributed by atoms with Crippen LogP contribution < -0.4 is 10.2 Å². The lowest BCUT2D eigenvalue weighted by molar-refractivity contribution is -0.119. The number of alkyl halides is 3. The fraction of sp³-hybridized carbons (Fsp3) is 0.636. The standard InChI is InChI=1S/C11H17F3N4/c1-4-5-18(7-11(12,13)14)10-6-9(15-3)16-8(2)17-10/h6H,4-5,7H2,1-3H3,(H,15,16,17). The number of hydrogen-bond donors (Lipinski definition) is 1. The van der Waals surface area contributed by atoms with Gasteiger partial charge in [-0.05, 0) is 13.3 Å². The van der Waals surface area contributed by atoms with Crippen LogP contribution >= 0.6 is 0 Å². The molecular weight excluding hydrogens is 245 g/mol. The second-order valence-corrected chi connectivity index (χ2v) is 3.95. The van der Waals surface area contributed by atoms with Crippen molar-refractivity contribution in [2.75, 3.05) is 30.4 Å². The van der Waals surface area contributed by atoms with Crippen LogP contribution in [0.5, 0.6) is 0 Å². The number of nitrogens with zero attached hydrogens (tertiary/aromatic N) is 3. The molecule has 4 nitrogen and oxygen atoms in total. The lowest BCUT2D eigenvalue weighted by atomic mass is 10.3. The third-order valence-electron chi connectivity index (χ3n) is 2.27. The highest BCUT2D eigenvalue weighted by molar-refractivity contribution is 5.49. The summed E-state index contributed by atoms with van der Waals surface area (Å²) in [5.74, 6) is 1.26. The highest BCUT2D eigenvalue weighted by Crippen LogP contribution is 2.22. The van der Waals surface area contributed by atoms with Gasteiger partial charge < -0.3 is 10.2 Å². The molecule has 7 heteroatoms. The van der Waals surface area contributed by atoms with E-state index >= 15 is 0 Å². The van der Waals surface area contributed by atoms with Gasteiger partial charge in [0, 0.05) is 19.7 Å². The van der Waals surface area contributed by atoms with Crippen LogP contribution in [0.25, 0.3) is 0 Å². The summed E-state index contributed by atoms with van der Waals surface area (Å²) in [6, 6.07) is 1.52. The zero-order valence-electron chi connectivity index (χ0n) is 10.7. The molecule has 0 bridgehead atoms. The Hall–Kier alpha value is -1.53. The molecule has 0 fully saturated rings. The molecule has 0 aliphatic heterocycles. The van der Waals surface area contributed by atoms with Crippen molar-refractivity contribution in [3.63, 3.8) is 0 Å². The number of hydrogen-bond acceptors (Lipinski definition) is 4. The molecular formula is C11H17F3N4. The van der Waals surface area contributed by atoms with Gasteiger partial charge in [-0.3, -0.25) is 0 Å². The minimum Gasteiger partial charge on any atom is -0.373 e. The zero-order valence-corrected chi connectivity index (χ0v) is 10.7. The summed E-state index contributed by atoms with van der Waals surface area (Å²) in [6.45, 7) is 2.79. The molecule has 0 unspecified atom stereocenters. The van der Waals surface area contributed by atoms with E-state index in [2.05, 4.69) is 15.3 Å². The van der Waals surface area contributed by atoms with Crippen molar-refractivity contribution in [2.45, 2.75) is 26.4 Å². The average molecular weight is 262 g/mol. The number of halogens is 3. The van der Waals surface area contributed by atoms with Crippen LogP contribution in [-0.4, -0.2) is 36.3 Å². The van der Waals surface area contributed by atoms with Crippen LogP contribution in [0.1, 0.15) is 19.2 Å². The second kappa shape index (κ2) is 5.88. The van der Waals surface area contributed by atoms with Crippen molar-refractivity contribution in [3.8, 4) is 0 Å². The summed E-state index contributed by atoms with van der Waals surface area (Å²) >= 11 is 0. The maximum Gasteiger partial charge on any atom is 0.405 e. The summed E-state index contributed by atoms with van der Waals surface area (Å²) < 4.78 is 37.5. The molecule has 0 saturated heterocycles. The van der Waals surface area contributed by atoms with Crippen LogP contribution in [0.15, 0.2) is 6.07 Å². The van der Waals surface area contributed by atoms with Gasteiger partial charge in [-0.1, -0.05) is 6.92 Å². The Bertz CT molecular complexity index is 392. The zero-order chi connectivity index (χ0) is 13.8. The Labute approximate surface area is 104 Å². The van der Waals surface area contributed by atoms with Gasteiger partial charge in [-0.25, -0.2) is 9.97 Å². The summed E-state index contributed by atoms with van der Waals surface area (Å²) in [4.78, 5) is 9.34. The van der Waals surface area contributed by atoms with Gasteiger partial charge in [-0.15, -0.1) is 0 Å². The molecule has 0 aliphatic rings. The third kappa shape index (κ3) is 4.38. The first-order valence-corrected chi connectivity index (χ1v) is 5.71. The summed E-state index contributed by atoms with van der Waals surface area (Å²) in [5, 5.41) is 2.81. The first-order valence-electron chi connectivity index (χ1n) is 5.71. The maximum atomic E-state index is 12.5. The SMILES string of the molecule is CCCN(CC(F)(F)F)c1cc(NC)nc(C)n1. The van der Waals surface area contributed by atoms with Crippen molar-refractivity contribution >= 4 is 11.6 Å². The lowest BCUT2D eigenvalue weighted by Gasteiger charge is -2.24. The molecule has 0 saturated carbocycles. The van der Waals surface area contributed by atoms with Gasteiger partial charge >= 0.3 is 6.18 Å². The van der Waals surface area contributed by atoms with Crippen LogP contribution in [0, 0.1) is 6.92 Å². The highest BCUT2D eigenvalue weighted by atomic mass is 19.4. The highest BCUT2D eigenvalue weighted by Gasteiger charge is 2.31. The smallest absolute Gasteiger partial charge is 0.373 e. The van der Waals surface area contributed by atoms with Crippen LogP contribution in [-0.2, 0) is 0 Å². The molecule has 0 radical (unpaired) electrons. The first kappa shape index (κ1) is 14.5. The molecule has 102 valence electrons. The minimum absolute atomic E-state index is 0.297. The van der Waals surface area contributed by atoms with E-state index in [0.29, 0.717) is 30.4 Å². The molecule has 0 spiro atoms. The van der Waals surface area contributed by atoms with Gasteiger partial charge in [0.1, 0.15) is 24.0 Å². The number of aryl methyl sites for hydroxylation is 1. The number of anilines is 2. The van der Waals surface area contributed by atoms with Crippen LogP contribution in [0.3, 0.4) is 0 Å². The molecule has 1 aromatic rings. The predicted octanol–water partition coefficient (Wildman–Crippen LogP) is 2.61. The fourth-order valence-electron chi connectivity index (χ4n) is 1.60. The molecule has 1 heterocycles. The molecule has 18 heavy (non-hydrogen) atoms. The topological polar surface area (TPSA) is 41.0 Å². The first-order chi connectivity index (χ1) is 8.35. The Morgan fingerprint density at radius 3 is 2.50 bits per heavy atom. The van der Waals surface area contributed by atoms with Crippen molar-refractivity contribution < 1.29 is 13.2 Å². The van der Waals surface area contributed by atoms with Crippen LogP contribution in [0.2, 0.25) is 0 Å². The summed E-state index contributed by atoms with van der Waals surface area (Å²) in [7, 11) is 1.67. The molecule has 1 aromatic heterocycles. The average Bonchev–Trinajstić information content (AvgIpc) is 2.26. The molecule has 0 atom stereocenters. The van der Waals surface area contributed by atoms with E-state index in [0.717, 1.165) is 0 Å². The number of aromatic nitrogens is 2. The predicted molar refractivity (Wildman–Crippen MR) is 64.9 cm³/mol. The summed E-state index contributed by atoms with van der Waals surface area (Å²) in [6.07, 6.45) is -3.62. The van der Waals surface area contributed by atoms with Gasteiger partial charge in [0.05, 0.1) is 0 Å². The monoisotopic (exact) mass is 262 g/mol. The van der Waals surface area contributed by atoms with Crippen molar-refractivity contribution in [2.24, 2.45) is 0 Å². The lowest BCUT2D eigenvalue weighted by Crippen LogP contribution is -2.35. The Balaban J connectivity index is 3.01.